The zero-order valence-corrected chi connectivity index (χ0v) is 24.8. The van der Waals surface area contributed by atoms with Crippen molar-refractivity contribution < 1.29 is 28.9 Å². The van der Waals surface area contributed by atoms with Gasteiger partial charge in [-0.15, -0.1) is 0 Å². The first kappa shape index (κ1) is 31.1. The van der Waals surface area contributed by atoms with E-state index in [4.69, 9.17) is 14.2 Å². The van der Waals surface area contributed by atoms with Crippen molar-refractivity contribution in [3.05, 3.63) is 102 Å². The minimum Gasteiger partial charge on any atom is -0.494 e. The van der Waals surface area contributed by atoms with Crippen molar-refractivity contribution in [3.8, 4) is 5.75 Å². The van der Waals surface area contributed by atoms with E-state index in [-0.39, 0.29) is 6.10 Å². The number of hydrogen-bond donors (Lipinski definition) is 2. The average molecular weight is 575 g/mol. The molecule has 1 fully saturated rings. The zero-order chi connectivity index (χ0) is 30.0. The lowest BCUT2D eigenvalue weighted by Gasteiger charge is -2.34. The fraction of sp³-hybridized carbons (Fsp3) is 0.412. The monoisotopic (exact) mass is 574 g/mol. The summed E-state index contributed by atoms with van der Waals surface area (Å²) >= 11 is 0. The largest absolute Gasteiger partial charge is 0.494 e. The van der Waals surface area contributed by atoms with Gasteiger partial charge in [0.2, 0.25) is 5.60 Å². The summed E-state index contributed by atoms with van der Waals surface area (Å²) in [5.41, 5.74) is -0.509. The molecule has 0 unspecified atom stereocenters. The van der Waals surface area contributed by atoms with Crippen LogP contribution in [0.5, 0.6) is 5.75 Å². The molecule has 1 amide bonds. The van der Waals surface area contributed by atoms with E-state index >= 15 is 0 Å². The van der Waals surface area contributed by atoms with Gasteiger partial charge in [-0.2, -0.15) is 0 Å². The molecule has 0 bridgehead atoms. The van der Waals surface area contributed by atoms with Crippen LogP contribution in [0.15, 0.2) is 84.9 Å². The van der Waals surface area contributed by atoms with E-state index in [0.29, 0.717) is 49.3 Å². The van der Waals surface area contributed by atoms with Crippen molar-refractivity contribution in [2.75, 3.05) is 26.2 Å². The molecule has 42 heavy (non-hydrogen) atoms. The number of likely N-dealkylation sites (tertiary alicyclic amines) is 1. The molecular weight excluding hydrogens is 532 g/mol. The highest BCUT2D eigenvalue weighted by Gasteiger charge is 2.43. The summed E-state index contributed by atoms with van der Waals surface area (Å²) in [5, 5.41) is 14.7. The minimum absolute atomic E-state index is 0.281. The second-order valence-corrected chi connectivity index (χ2v) is 11.6. The predicted octanol–water partition coefficient (Wildman–Crippen LogP) is 5.42. The van der Waals surface area contributed by atoms with Crippen molar-refractivity contribution >= 4 is 12.1 Å². The fourth-order valence-electron chi connectivity index (χ4n) is 4.92. The Balaban J connectivity index is 1.37. The molecule has 0 aromatic heterocycles. The molecule has 1 aliphatic heterocycles. The number of amides is 1. The summed E-state index contributed by atoms with van der Waals surface area (Å²) in [5.74, 6) is -0.199. The number of carbonyl (C=O) groups excluding carboxylic acids is 2. The van der Waals surface area contributed by atoms with Crippen molar-refractivity contribution in [3.63, 3.8) is 0 Å². The number of piperidine rings is 1. The highest BCUT2D eigenvalue weighted by atomic mass is 16.6. The molecule has 4 rings (SSSR count). The molecule has 0 spiro atoms. The molecule has 0 aliphatic carbocycles. The fourth-order valence-corrected chi connectivity index (χ4v) is 4.92. The molecule has 1 aliphatic rings. The first-order chi connectivity index (χ1) is 20.1. The molecule has 0 radical (unpaired) electrons. The number of nitrogens with zero attached hydrogens (tertiary/aromatic N) is 1. The maximum absolute atomic E-state index is 13.7. The number of rotatable bonds is 11. The number of aliphatic hydroxyl groups is 1. The number of benzene rings is 3. The highest BCUT2D eigenvalue weighted by Crippen LogP contribution is 2.34. The normalized spacial score (nSPS) is 15.8. The Hall–Kier alpha value is -3.88. The number of alkyl carbamates (subject to hydrolysis) is 1. The van der Waals surface area contributed by atoms with Crippen molar-refractivity contribution in [2.45, 2.75) is 63.9 Å². The Morgan fingerprint density at radius 1 is 0.905 bits per heavy atom. The summed E-state index contributed by atoms with van der Waals surface area (Å²) in [6.07, 6.45) is 1.19. The first-order valence-corrected chi connectivity index (χ1v) is 14.6. The number of esters is 1. The van der Waals surface area contributed by atoms with Gasteiger partial charge in [-0.05, 0) is 63.3 Å². The van der Waals surface area contributed by atoms with Crippen molar-refractivity contribution in [2.24, 2.45) is 0 Å². The van der Waals surface area contributed by atoms with Crippen molar-refractivity contribution in [1.29, 1.82) is 0 Å². The van der Waals surface area contributed by atoms with Gasteiger partial charge in [0.1, 0.15) is 17.5 Å². The van der Waals surface area contributed by atoms with Crippen LogP contribution in [0.25, 0.3) is 0 Å². The van der Waals surface area contributed by atoms with Crippen LogP contribution < -0.4 is 10.1 Å². The third-order valence-electron chi connectivity index (χ3n) is 7.05. The van der Waals surface area contributed by atoms with Gasteiger partial charge in [0.05, 0.1) is 6.61 Å². The second kappa shape index (κ2) is 14.3. The lowest BCUT2D eigenvalue weighted by molar-refractivity contribution is -0.170. The third kappa shape index (κ3) is 8.81. The van der Waals surface area contributed by atoms with E-state index in [2.05, 4.69) is 22.3 Å². The number of ether oxygens (including phenoxy) is 3. The van der Waals surface area contributed by atoms with E-state index in [1.165, 1.54) is 5.56 Å². The molecule has 1 saturated heterocycles. The molecule has 3 aromatic carbocycles. The van der Waals surface area contributed by atoms with E-state index in [0.717, 1.165) is 19.6 Å². The van der Waals surface area contributed by atoms with Gasteiger partial charge in [0.15, 0.2) is 0 Å². The number of hydrogen-bond acceptors (Lipinski definition) is 7. The number of nitrogens with one attached hydrogen (secondary N) is 1. The summed E-state index contributed by atoms with van der Waals surface area (Å²) in [4.78, 5) is 27.9. The Labute approximate surface area is 248 Å². The molecular formula is C34H42N2O6. The van der Waals surface area contributed by atoms with Gasteiger partial charge in [-0.3, -0.25) is 4.90 Å². The smallest absolute Gasteiger partial charge is 0.407 e. The van der Waals surface area contributed by atoms with Crippen LogP contribution in [0.2, 0.25) is 0 Å². The number of carbonyl (C=O) groups is 2. The van der Waals surface area contributed by atoms with E-state index in [9.17, 15) is 14.7 Å². The van der Waals surface area contributed by atoms with E-state index in [1.54, 1.807) is 48.5 Å². The molecule has 1 heterocycles. The summed E-state index contributed by atoms with van der Waals surface area (Å²) in [6.45, 7) is 8.62. The standard InChI is InChI=1S/C34H42N2O6/c1-33(2,3)42-32(38)35-20-11-23-40-30-17-10-16-28(24-30)34(39,27-14-8-5-9-15-27)31(37)41-29-18-21-36(22-19-29)25-26-12-6-4-7-13-26/h4-10,12-17,24,29,39H,11,18-23,25H2,1-3H3,(H,35,38)/t34-/m0/s1. The molecule has 1 atom stereocenters. The van der Waals surface area contributed by atoms with Crippen LogP contribution in [0.1, 0.15) is 56.7 Å². The minimum atomic E-state index is -2.00. The molecule has 8 nitrogen and oxygen atoms in total. The summed E-state index contributed by atoms with van der Waals surface area (Å²) < 4.78 is 17.1. The van der Waals surface area contributed by atoms with E-state index < -0.39 is 23.3 Å². The van der Waals surface area contributed by atoms with Crippen molar-refractivity contribution in [1.82, 2.24) is 10.2 Å². The topological polar surface area (TPSA) is 97.3 Å². The van der Waals surface area contributed by atoms with Gasteiger partial charge < -0.3 is 24.6 Å². The Morgan fingerprint density at radius 2 is 1.55 bits per heavy atom. The molecule has 224 valence electrons. The van der Waals surface area contributed by atoms with E-state index in [1.807, 2.05) is 45.0 Å². The molecule has 2 N–H and O–H groups in total. The zero-order valence-electron chi connectivity index (χ0n) is 24.8. The van der Waals surface area contributed by atoms with Crippen LogP contribution in [-0.2, 0) is 26.4 Å². The van der Waals surface area contributed by atoms with Gasteiger partial charge in [-0.1, -0.05) is 72.8 Å². The van der Waals surface area contributed by atoms with Gasteiger partial charge >= 0.3 is 12.1 Å². The lowest BCUT2D eigenvalue weighted by Crippen LogP contribution is -2.43. The Morgan fingerprint density at radius 3 is 2.21 bits per heavy atom. The quantitative estimate of drug-likeness (QED) is 0.233. The van der Waals surface area contributed by atoms with Crippen LogP contribution >= 0.6 is 0 Å². The van der Waals surface area contributed by atoms with Crippen LogP contribution in [0, 0.1) is 0 Å². The van der Waals surface area contributed by atoms with Crippen LogP contribution in [0.4, 0.5) is 4.79 Å². The maximum atomic E-state index is 13.7. The third-order valence-corrected chi connectivity index (χ3v) is 7.05. The van der Waals surface area contributed by atoms with Crippen LogP contribution in [0.3, 0.4) is 0 Å². The summed E-state index contributed by atoms with van der Waals surface area (Å²) in [6, 6.07) is 26.1. The second-order valence-electron chi connectivity index (χ2n) is 11.6. The lowest BCUT2D eigenvalue weighted by atomic mass is 9.86. The maximum Gasteiger partial charge on any atom is 0.407 e. The average Bonchev–Trinajstić information content (AvgIpc) is 2.98. The predicted molar refractivity (Wildman–Crippen MR) is 161 cm³/mol. The summed E-state index contributed by atoms with van der Waals surface area (Å²) in [7, 11) is 0. The molecule has 0 saturated carbocycles. The van der Waals surface area contributed by atoms with Gasteiger partial charge in [0, 0.05) is 31.7 Å². The highest BCUT2D eigenvalue weighted by molar-refractivity contribution is 5.85. The molecule has 8 heteroatoms. The SMILES string of the molecule is CC(C)(C)OC(=O)NCCCOc1cccc([C@](O)(C(=O)OC2CCN(Cc3ccccc3)CC2)c2ccccc2)c1. The Kier molecular flexibility index (Phi) is 10.6. The van der Waals surface area contributed by atoms with Gasteiger partial charge in [-0.25, -0.2) is 9.59 Å². The Bertz CT molecular complexity index is 1290. The molecule has 3 aromatic rings. The van der Waals surface area contributed by atoms with Crippen LogP contribution in [-0.4, -0.2) is 60.0 Å². The first-order valence-electron chi connectivity index (χ1n) is 14.6. The van der Waals surface area contributed by atoms with Gasteiger partial charge in [0.25, 0.3) is 0 Å².